The van der Waals surface area contributed by atoms with Crippen LogP contribution in [-0.2, 0) is 6.54 Å². The van der Waals surface area contributed by atoms with Gasteiger partial charge in [-0.3, -0.25) is 4.79 Å². The smallest absolute Gasteiger partial charge is 0.251 e. The third-order valence-electron chi connectivity index (χ3n) is 4.09. The Morgan fingerprint density at radius 2 is 1.91 bits per heavy atom. The van der Waals surface area contributed by atoms with Gasteiger partial charge in [0.1, 0.15) is 5.65 Å². The van der Waals surface area contributed by atoms with E-state index in [9.17, 15) is 4.79 Å². The number of benzene rings is 1. The van der Waals surface area contributed by atoms with Gasteiger partial charge >= 0.3 is 0 Å². The van der Waals surface area contributed by atoms with Crippen LogP contribution in [0.15, 0.2) is 64.0 Å². The molecule has 5 heteroatoms. The summed E-state index contributed by atoms with van der Waals surface area (Å²) < 4.78 is 4.81. The lowest BCUT2D eigenvalue weighted by atomic mass is 10.2. The molecule has 0 atom stereocenters. The van der Waals surface area contributed by atoms with E-state index in [0.29, 0.717) is 6.54 Å². The van der Waals surface area contributed by atoms with Crippen molar-refractivity contribution in [3.63, 3.8) is 0 Å². The monoisotopic (exact) mass is 367 g/mol. The van der Waals surface area contributed by atoms with Crippen LogP contribution in [0, 0.1) is 6.92 Å². The second-order valence-corrected chi connectivity index (χ2v) is 6.45. The predicted octanol–water partition coefficient (Wildman–Crippen LogP) is 3.77. The zero-order valence-corrected chi connectivity index (χ0v) is 14.1. The number of fused-ring (bicyclic) bond motifs is 2. The quantitative estimate of drug-likeness (QED) is 0.540. The summed E-state index contributed by atoms with van der Waals surface area (Å²) in [5, 5.41) is 1.06. The molecule has 3 aromatic heterocycles. The van der Waals surface area contributed by atoms with Gasteiger partial charge in [-0.25, -0.2) is 4.98 Å². The molecule has 114 valence electrons. The zero-order valence-electron chi connectivity index (χ0n) is 12.5. The summed E-state index contributed by atoms with van der Waals surface area (Å²) in [5.41, 5.74) is 3.76. The summed E-state index contributed by atoms with van der Waals surface area (Å²) in [7, 11) is 0. The topological polar surface area (TPSA) is 39.3 Å². The highest BCUT2D eigenvalue weighted by Crippen LogP contribution is 2.19. The first-order valence-electron chi connectivity index (χ1n) is 7.35. The first-order chi connectivity index (χ1) is 11.1. The first kappa shape index (κ1) is 14.2. The number of pyridine rings is 2. The molecule has 4 nitrogen and oxygen atoms in total. The lowest BCUT2D eigenvalue weighted by Gasteiger charge is -2.11. The van der Waals surface area contributed by atoms with Crippen molar-refractivity contribution in [3.8, 4) is 0 Å². The Balaban J connectivity index is 1.95. The molecule has 0 N–H and O–H groups in total. The second-order valence-electron chi connectivity index (χ2n) is 5.54. The molecule has 0 aliphatic heterocycles. The van der Waals surface area contributed by atoms with E-state index in [1.807, 2.05) is 60.0 Å². The van der Waals surface area contributed by atoms with Crippen molar-refractivity contribution in [1.82, 2.24) is 14.0 Å². The summed E-state index contributed by atoms with van der Waals surface area (Å²) in [5.74, 6) is 0. The minimum atomic E-state index is -0.00644. The minimum Gasteiger partial charge on any atom is -0.302 e. The average Bonchev–Trinajstić information content (AvgIpc) is 2.85. The minimum absolute atomic E-state index is 0.00644. The fourth-order valence-electron chi connectivity index (χ4n) is 2.93. The van der Waals surface area contributed by atoms with Crippen molar-refractivity contribution in [2.75, 3.05) is 0 Å². The molecule has 0 saturated heterocycles. The highest BCUT2D eigenvalue weighted by atomic mass is 79.9. The lowest BCUT2D eigenvalue weighted by Crippen LogP contribution is -2.21. The number of aryl methyl sites for hydroxylation is 1. The van der Waals surface area contributed by atoms with Gasteiger partial charge < -0.3 is 8.97 Å². The number of halogens is 1. The van der Waals surface area contributed by atoms with Crippen LogP contribution < -0.4 is 5.56 Å². The van der Waals surface area contributed by atoms with Crippen LogP contribution in [-0.4, -0.2) is 14.0 Å². The highest BCUT2D eigenvalue weighted by molar-refractivity contribution is 9.10. The summed E-state index contributed by atoms with van der Waals surface area (Å²) in [4.78, 5) is 17.0. The molecule has 3 heterocycles. The Labute approximate surface area is 141 Å². The molecule has 0 aliphatic rings. The van der Waals surface area contributed by atoms with E-state index >= 15 is 0 Å². The Bertz CT molecular complexity index is 1090. The van der Waals surface area contributed by atoms with Crippen molar-refractivity contribution < 1.29 is 0 Å². The normalized spacial score (nSPS) is 11.4. The summed E-state index contributed by atoms with van der Waals surface area (Å²) in [6, 6.07) is 15.4. The molecular formula is C18H14BrN3O. The molecule has 0 aliphatic carbocycles. The number of imidazole rings is 1. The van der Waals surface area contributed by atoms with Crippen molar-refractivity contribution in [2.45, 2.75) is 13.5 Å². The number of hydrogen-bond acceptors (Lipinski definition) is 2. The van der Waals surface area contributed by atoms with Gasteiger partial charge in [0, 0.05) is 16.7 Å². The Morgan fingerprint density at radius 3 is 2.78 bits per heavy atom. The van der Waals surface area contributed by atoms with Gasteiger partial charge in [0.2, 0.25) is 0 Å². The van der Waals surface area contributed by atoms with E-state index in [1.54, 1.807) is 10.6 Å². The van der Waals surface area contributed by atoms with Crippen LogP contribution in [0.5, 0.6) is 0 Å². The predicted molar refractivity (Wildman–Crippen MR) is 94.9 cm³/mol. The number of aromatic nitrogens is 3. The van der Waals surface area contributed by atoms with Crippen molar-refractivity contribution >= 4 is 32.5 Å². The fraction of sp³-hybridized carbons (Fsp3) is 0.111. The zero-order chi connectivity index (χ0) is 16.0. The molecule has 4 aromatic rings. The van der Waals surface area contributed by atoms with E-state index in [2.05, 4.69) is 20.9 Å². The molecule has 0 unspecified atom stereocenters. The van der Waals surface area contributed by atoms with E-state index in [1.165, 1.54) is 0 Å². The molecule has 23 heavy (non-hydrogen) atoms. The third-order valence-corrected chi connectivity index (χ3v) is 4.56. The van der Waals surface area contributed by atoms with Crippen molar-refractivity contribution in [1.29, 1.82) is 0 Å². The van der Waals surface area contributed by atoms with Crippen LogP contribution in [0.1, 0.15) is 11.4 Å². The van der Waals surface area contributed by atoms with Gasteiger partial charge in [0.15, 0.2) is 0 Å². The Kier molecular flexibility index (Phi) is 3.31. The van der Waals surface area contributed by atoms with Crippen LogP contribution in [0.25, 0.3) is 16.6 Å². The standard InChI is InChI=1S/C18H14BrN3O/c1-12-16(21-10-14(19)7-8-17(21)20-12)11-22-15-5-3-2-4-13(15)6-9-18(22)23/h2-10H,11H2,1H3. The second kappa shape index (κ2) is 5.35. The van der Waals surface area contributed by atoms with E-state index in [0.717, 1.165) is 32.4 Å². The molecule has 0 radical (unpaired) electrons. The molecule has 0 bridgehead atoms. The maximum Gasteiger partial charge on any atom is 0.251 e. The van der Waals surface area contributed by atoms with E-state index in [4.69, 9.17) is 0 Å². The molecule has 0 spiro atoms. The van der Waals surface area contributed by atoms with Crippen molar-refractivity contribution in [3.05, 3.63) is 80.9 Å². The first-order valence-corrected chi connectivity index (χ1v) is 8.14. The molecule has 1 aromatic carbocycles. The van der Waals surface area contributed by atoms with Gasteiger partial charge in [0.25, 0.3) is 5.56 Å². The Morgan fingerprint density at radius 1 is 1.09 bits per heavy atom. The third kappa shape index (κ3) is 2.37. The number of para-hydroxylation sites is 1. The van der Waals surface area contributed by atoms with Crippen LogP contribution >= 0.6 is 15.9 Å². The van der Waals surface area contributed by atoms with Gasteiger partial charge in [0.05, 0.1) is 23.4 Å². The van der Waals surface area contributed by atoms with Gasteiger partial charge in [-0.15, -0.1) is 0 Å². The van der Waals surface area contributed by atoms with Gasteiger partial charge in [-0.05, 0) is 52.5 Å². The Hall–Kier alpha value is -2.40. The summed E-state index contributed by atoms with van der Waals surface area (Å²) in [6.45, 7) is 2.47. The lowest BCUT2D eigenvalue weighted by molar-refractivity contribution is 0.757. The molecule has 4 rings (SSSR count). The largest absolute Gasteiger partial charge is 0.302 e. The van der Waals surface area contributed by atoms with Crippen LogP contribution in [0.3, 0.4) is 0 Å². The van der Waals surface area contributed by atoms with Crippen molar-refractivity contribution in [2.24, 2.45) is 0 Å². The molecule has 0 amide bonds. The van der Waals surface area contributed by atoms with Crippen LogP contribution in [0.4, 0.5) is 0 Å². The van der Waals surface area contributed by atoms with E-state index in [-0.39, 0.29) is 5.56 Å². The number of rotatable bonds is 2. The molecule has 0 fully saturated rings. The van der Waals surface area contributed by atoms with E-state index < -0.39 is 0 Å². The van der Waals surface area contributed by atoms with Gasteiger partial charge in [-0.2, -0.15) is 0 Å². The van der Waals surface area contributed by atoms with Crippen LogP contribution in [0.2, 0.25) is 0 Å². The SMILES string of the molecule is Cc1nc2ccc(Br)cn2c1Cn1c(=O)ccc2ccccc21. The summed E-state index contributed by atoms with van der Waals surface area (Å²) >= 11 is 3.50. The number of hydrogen-bond donors (Lipinski definition) is 0. The van der Waals surface area contributed by atoms with Gasteiger partial charge in [-0.1, -0.05) is 18.2 Å². The highest BCUT2D eigenvalue weighted by Gasteiger charge is 2.12. The number of nitrogens with zero attached hydrogens (tertiary/aromatic N) is 3. The molecule has 0 saturated carbocycles. The fourth-order valence-corrected chi connectivity index (χ4v) is 3.27. The average molecular weight is 368 g/mol. The summed E-state index contributed by atoms with van der Waals surface area (Å²) in [6.07, 6.45) is 1.99. The maximum atomic E-state index is 12.4. The maximum absolute atomic E-state index is 12.4. The molecular weight excluding hydrogens is 354 g/mol.